The maximum absolute atomic E-state index is 14.7. The Morgan fingerprint density at radius 3 is 2.54 bits per heavy atom. The number of nitrogens with zero attached hydrogens (tertiary/aromatic N) is 7. The lowest BCUT2D eigenvalue weighted by Gasteiger charge is -2.44. The second-order valence-electron chi connectivity index (χ2n) is 8.33. The molecular weight excluding hydrogens is 475 g/mol. The highest BCUT2D eigenvalue weighted by atomic mass is 19.4. The zero-order chi connectivity index (χ0) is 25.4. The molecule has 0 aromatic carbocycles. The maximum atomic E-state index is 14.7. The summed E-state index contributed by atoms with van der Waals surface area (Å²) in [6.45, 7) is 1.04. The van der Waals surface area contributed by atoms with Gasteiger partial charge >= 0.3 is 6.18 Å². The molecule has 3 aromatic heterocycles. The Hall–Kier alpha value is -3.71. The van der Waals surface area contributed by atoms with Crippen LogP contribution in [0.25, 0.3) is 11.3 Å². The topological polar surface area (TPSA) is 102 Å². The molecule has 3 aromatic rings. The number of rotatable bonds is 6. The van der Waals surface area contributed by atoms with Crippen LogP contribution >= 0.6 is 0 Å². The summed E-state index contributed by atoms with van der Waals surface area (Å²) in [5.41, 5.74) is -0.350. The molecule has 4 rings (SSSR count). The number of aldehydes is 1. The molecule has 0 aliphatic carbocycles. The van der Waals surface area contributed by atoms with Crippen LogP contribution in [-0.4, -0.2) is 61.1 Å². The van der Waals surface area contributed by atoms with E-state index < -0.39 is 42.6 Å². The van der Waals surface area contributed by atoms with E-state index in [1.165, 1.54) is 29.2 Å². The molecule has 0 radical (unpaired) electrons. The van der Waals surface area contributed by atoms with Gasteiger partial charge in [0.05, 0.1) is 29.4 Å². The minimum Gasteiger partial charge on any atom is -0.352 e. The molecule has 0 spiro atoms. The maximum Gasteiger partial charge on any atom is 0.419 e. The van der Waals surface area contributed by atoms with E-state index in [1.54, 1.807) is 13.0 Å². The molecule has 2 atom stereocenters. The smallest absolute Gasteiger partial charge is 0.352 e. The molecule has 1 saturated heterocycles. The summed E-state index contributed by atoms with van der Waals surface area (Å²) >= 11 is 0. The van der Waals surface area contributed by atoms with Crippen LogP contribution < -0.4 is 10.2 Å². The van der Waals surface area contributed by atoms with E-state index in [9.17, 15) is 26.7 Å². The van der Waals surface area contributed by atoms with Gasteiger partial charge in [0.15, 0.2) is 6.29 Å². The van der Waals surface area contributed by atoms with Gasteiger partial charge < -0.3 is 10.2 Å². The van der Waals surface area contributed by atoms with Crippen molar-refractivity contribution in [3.05, 3.63) is 42.2 Å². The van der Waals surface area contributed by atoms with Gasteiger partial charge in [0.2, 0.25) is 5.95 Å². The van der Waals surface area contributed by atoms with Crippen molar-refractivity contribution in [3.63, 3.8) is 0 Å². The standard InChI is InChI=1S/C21H21F5N8O/c1-12-5-20(22,23)10-34(16(12)8-30-19-28-6-13(7-29-19)21(24,25)26)18-17(14-3-4-27-11-31-14)15(9-35)32-33(18)2/h3-4,6-7,9,11-12,16H,5,8,10H2,1-2H3,(H,28,29,30). The number of halogens is 5. The number of hydrogen-bond donors (Lipinski definition) is 1. The van der Waals surface area contributed by atoms with Gasteiger partial charge in [-0.05, 0) is 12.0 Å². The largest absolute Gasteiger partial charge is 0.419 e. The highest BCUT2D eigenvalue weighted by molar-refractivity contribution is 5.90. The lowest BCUT2D eigenvalue weighted by Crippen LogP contribution is -2.56. The number of anilines is 2. The zero-order valence-electron chi connectivity index (χ0n) is 18.7. The quantitative estimate of drug-likeness (QED) is 0.409. The van der Waals surface area contributed by atoms with Crippen LogP contribution in [0.3, 0.4) is 0 Å². The van der Waals surface area contributed by atoms with Gasteiger partial charge in [-0.3, -0.25) is 9.48 Å². The first-order valence-corrected chi connectivity index (χ1v) is 10.6. The molecule has 1 fully saturated rings. The molecule has 9 nitrogen and oxygen atoms in total. The van der Waals surface area contributed by atoms with Gasteiger partial charge in [0, 0.05) is 38.6 Å². The predicted molar refractivity (Wildman–Crippen MR) is 115 cm³/mol. The Bertz CT molecular complexity index is 1180. The second kappa shape index (κ2) is 9.15. The van der Waals surface area contributed by atoms with Crippen molar-refractivity contribution in [2.75, 3.05) is 23.3 Å². The Morgan fingerprint density at radius 1 is 1.23 bits per heavy atom. The van der Waals surface area contributed by atoms with Crippen molar-refractivity contribution in [2.24, 2.45) is 13.0 Å². The molecule has 35 heavy (non-hydrogen) atoms. The van der Waals surface area contributed by atoms with Crippen LogP contribution in [-0.2, 0) is 13.2 Å². The predicted octanol–water partition coefficient (Wildman–Crippen LogP) is 3.46. The number of carbonyl (C=O) groups excluding carboxylic acids is 1. The van der Waals surface area contributed by atoms with Gasteiger partial charge in [-0.25, -0.2) is 28.7 Å². The molecule has 186 valence electrons. The molecule has 0 saturated carbocycles. The number of aromatic nitrogens is 6. The molecule has 0 amide bonds. The summed E-state index contributed by atoms with van der Waals surface area (Å²) in [5, 5.41) is 7.04. The second-order valence-corrected chi connectivity index (χ2v) is 8.33. The van der Waals surface area contributed by atoms with Gasteiger partial charge in [-0.1, -0.05) is 6.92 Å². The van der Waals surface area contributed by atoms with Gasteiger partial charge in [0.1, 0.15) is 17.8 Å². The van der Waals surface area contributed by atoms with Crippen LogP contribution in [0.4, 0.5) is 33.7 Å². The van der Waals surface area contributed by atoms with E-state index in [0.29, 0.717) is 24.4 Å². The van der Waals surface area contributed by atoms with Crippen molar-refractivity contribution in [3.8, 4) is 11.3 Å². The van der Waals surface area contributed by atoms with Crippen molar-refractivity contribution >= 4 is 18.1 Å². The van der Waals surface area contributed by atoms with Gasteiger partial charge in [0.25, 0.3) is 5.92 Å². The highest BCUT2D eigenvalue weighted by Crippen LogP contribution is 2.41. The Kier molecular flexibility index (Phi) is 6.38. The van der Waals surface area contributed by atoms with E-state index in [1.807, 2.05) is 0 Å². The fraction of sp³-hybridized carbons (Fsp3) is 0.429. The average molecular weight is 496 g/mol. The molecule has 1 aliphatic rings. The van der Waals surface area contributed by atoms with Crippen molar-refractivity contribution < 1.29 is 26.7 Å². The molecular formula is C21H21F5N8O. The number of piperidine rings is 1. The van der Waals surface area contributed by atoms with E-state index >= 15 is 0 Å². The van der Waals surface area contributed by atoms with Crippen LogP contribution in [0.15, 0.2) is 31.0 Å². The first-order valence-electron chi connectivity index (χ1n) is 10.6. The van der Waals surface area contributed by atoms with Gasteiger partial charge in [-0.15, -0.1) is 0 Å². The van der Waals surface area contributed by atoms with Crippen LogP contribution in [0.5, 0.6) is 0 Å². The van der Waals surface area contributed by atoms with Crippen molar-refractivity contribution in [2.45, 2.75) is 31.5 Å². The zero-order valence-corrected chi connectivity index (χ0v) is 18.7. The Labute approximate surface area is 196 Å². The molecule has 1 N–H and O–H groups in total. The van der Waals surface area contributed by atoms with Crippen molar-refractivity contribution in [1.29, 1.82) is 0 Å². The molecule has 14 heteroatoms. The number of hydrogen-bond acceptors (Lipinski definition) is 8. The summed E-state index contributed by atoms with van der Waals surface area (Å²) in [7, 11) is 1.54. The number of aryl methyl sites for hydroxylation is 1. The van der Waals surface area contributed by atoms with E-state index in [4.69, 9.17) is 0 Å². The third-order valence-corrected chi connectivity index (χ3v) is 5.79. The summed E-state index contributed by atoms with van der Waals surface area (Å²) in [4.78, 5) is 28.6. The molecule has 1 aliphatic heterocycles. The first-order chi connectivity index (χ1) is 16.5. The fourth-order valence-corrected chi connectivity index (χ4v) is 4.28. The number of carbonyl (C=O) groups is 1. The number of alkyl halides is 5. The Morgan fingerprint density at radius 2 is 1.94 bits per heavy atom. The lowest BCUT2D eigenvalue weighted by molar-refractivity contribution is -0.138. The first kappa shape index (κ1) is 24.4. The molecule has 0 bridgehead atoms. The minimum atomic E-state index is -4.58. The normalized spacial score (nSPS) is 20.0. The third kappa shape index (κ3) is 5.05. The fourth-order valence-electron chi connectivity index (χ4n) is 4.28. The monoisotopic (exact) mass is 496 g/mol. The van der Waals surface area contributed by atoms with E-state index in [-0.39, 0.29) is 29.6 Å². The van der Waals surface area contributed by atoms with Crippen LogP contribution in [0.1, 0.15) is 29.4 Å². The van der Waals surface area contributed by atoms with E-state index in [2.05, 4.69) is 30.4 Å². The lowest BCUT2D eigenvalue weighted by atomic mass is 9.88. The van der Waals surface area contributed by atoms with Crippen LogP contribution in [0, 0.1) is 5.92 Å². The third-order valence-electron chi connectivity index (χ3n) is 5.79. The summed E-state index contributed by atoms with van der Waals surface area (Å²) in [6.07, 6.45) is -0.420. The van der Waals surface area contributed by atoms with Crippen LogP contribution in [0.2, 0.25) is 0 Å². The van der Waals surface area contributed by atoms with E-state index in [0.717, 1.165) is 0 Å². The summed E-state index contributed by atoms with van der Waals surface area (Å²) in [6, 6.07) is 0.985. The Balaban J connectivity index is 1.69. The highest BCUT2D eigenvalue weighted by Gasteiger charge is 2.46. The molecule has 2 unspecified atom stereocenters. The number of nitrogens with one attached hydrogen (secondary N) is 1. The minimum absolute atomic E-state index is 0.0283. The average Bonchev–Trinajstić information content (AvgIpc) is 3.14. The van der Waals surface area contributed by atoms with Crippen molar-refractivity contribution in [1.82, 2.24) is 29.7 Å². The SMILES string of the molecule is CC1CC(F)(F)CN(c2c(-c3ccncn3)c(C=O)nn2C)C1CNc1ncc(C(F)(F)F)cn1. The molecule has 4 heterocycles. The van der Waals surface area contributed by atoms with Gasteiger partial charge in [-0.2, -0.15) is 18.3 Å². The summed E-state index contributed by atoms with van der Waals surface area (Å²) < 4.78 is 69.1. The summed E-state index contributed by atoms with van der Waals surface area (Å²) in [5.74, 6) is -3.39.